The van der Waals surface area contributed by atoms with Crippen LogP contribution >= 0.6 is 0 Å². The lowest BCUT2D eigenvalue weighted by Crippen LogP contribution is -2.46. The Morgan fingerprint density at radius 2 is 2.16 bits per heavy atom. The number of amides is 1. The third kappa shape index (κ3) is 2.13. The Hall–Kier alpha value is -1.45. The molecule has 1 saturated heterocycles. The van der Waals surface area contributed by atoms with Crippen molar-refractivity contribution in [1.82, 2.24) is 9.47 Å². The molecule has 1 aliphatic carbocycles. The highest BCUT2D eigenvalue weighted by Crippen LogP contribution is 2.37. The van der Waals surface area contributed by atoms with E-state index in [0.29, 0.717) is 11.7 Å². The summed E-state index contributed by atoms with van der Waals surface area (Å²) < 4.78 is 1.97. The standard InChI is InChI=1S/C15H23N3O/c1-2-17-10-12(16)9-14(17)15(19)18-8-4-6-11-5-3-7-13(11)18/h9-11,13H,2-8,16H2,1H3. The molecule has 2 fully saturated rings. The number of anilines is 1. The molecule has 4 heteroatoms. The van der Waals surface area contributed by atoms with Crippen molar-refractivity contribution in [3.05, 3.63) is 18.0 Å². The number of aromatic nitrogens is 1. The third-order valence-electron chi connectivity index (χ3n) is 4.73. The zero-order valence-corrected chi connectivity index (χ0v) is 11.6. The number of nitrogen functional groups attached to an aromatic ring is 1. The number of nitrogens with two attached hydrogens (primary N) is 1. The van der Waals surface area contributed by atoms with Crippen molar-refractivity contribution >= 4 is 11.6 Å². The van der Waals surface area contributed by atoms with Gasteiger partial charge < -0.3 is 15.2 Å². The predicted octanol–water partition coefficient (Wildman–Crippen LogP) is 2.49. The molecule has 19 heavy (non-hydrogen) atoms. The van der Waals surface area contributed by atoms with E-state index in [9.17, 15) is 4.79 Å². The summed E-state index contributed by atoms with van der Waals surface area (Å²) in [4.78, 5) is 14.9. The molecule has 1 aromatic heterocycles. The molecule has 2 heterocycles. The Bertz CT molecular complexity index is 480. The van der Waals surface area contributed by atoms with Crippen LogP contribution in [0.4, 0.5) is 5.69 Å². The normalized spacial score (nSPS) is 26.5. The Morgan fingerprint density at radius 3 is 2.95 bits per heavy atom. The van der Waals surface area contributed by atoms with E-state index in [2.05, 4.69) is 4.90 Å². The highest BCUT2D eigenvalue weighted by atomic mass is 16.2. The minimum Gasteiger partial charge on any atom is -0.397 e. The van der Waals surface area contributed by atoms with Gasteiger partial charge in [0.05, 0.1) is 5.69 Å². The average Bonchev–Trinajstić information content (AvgIpc) is 3.03. The number of carbonyl (C=O) groups is 1. The van der Waals surface area contributed by atoms with Crippen LogP contribution < -0.4 is 5.73 Å². The molecule has 1 saturated carbocycles. The minimum absolute atomic E-state index is 0.176. The number of nitrogens with zero attached hydrogens (tertiary/aromatic N) is 2. The molecule has 0 radical (unpaired) electrons. The summed E-state index contributed by atoms with van der Waals surface area (Å²) in [5.74, 6) is 0.912. The number of aryl methyl sites for hydroxylation is 1. The van der Waals surface area contributed by atoms with Crippen LogP contribution in [0.25, 0.3) is 0 Å². The zero-order valence-electron chi connectivity index (χ0n) is 11.6. The van der Waals surface area contributed by atoms with Gasteiger partial charge in [-0.05, 0) is 44.6 Å². The number of piperidine rings is 1. The van der Waals surface area contributed by atoms with Gasteiger partial charge >= 0.3 is 0 Å². The summed E-state index contributed by atoms with van der Waals surface area (Å²) >= 11 is 0. The number of hydrogen-bond acceptors (Lipinski definition) is 2. The SMILES string of the molecule is CCn1cc(N)cc1C(=O)N1CCCC2CCCC21. The molecule has 2 atom stereocenters. The van der Waals surface area contributed by atoms with Crippen LogP contribution in [0.15, 0.2) is 12.3 Å². The monoisotopic (exact) mass is 261 g/mol. The van der Waals surface area contributed by atoms with E-state index in [4.69, 9.17) is 5.73 Å². The fourth-order valence-corrected chi connectivity index (χ4v) is 3.83. The Labute approximate surface area is 114 Å². The van der Waals surface area contributed by atoms with E-state index in [1.807, 2.05) is 23.8 Å². The lowest BCUT2D eigenvalue weighted by molar-refractivity contribution is 0.0537. The molecule has 4 nitrogen and oxygen atoms in total. The van der Waals surface area contributed by atoms with E-state index in [-0.39, 0.29) is 5.91 Å². The van der Waals surface area contributed by atoms with Gasteiger partial charge in [-0.2, -0.15) is 0 Å². The molecule has 2 N–H and O–H groups in total. The van der Waals surface area contributed by atoms with Crippen molar-refractivity contribution in [3.63, 3.8) is 0 Å². The van der Waals surface area contributed by atoms with Crippen molar-refractivity contribution in [2.45, 2.75) is 51.6 Å². The first kappa shape index (κ1) is 12.6. The molecular weight excluding hydrogens is 238 g/mol. The van der Waals surface area contributed by atoms with Gasteiger partial charge in [-0.15, -0.1) is 0 Å². The first-order valence-corrected chi connectivity index (χ1v) is 7.47. The lowest BCUT2D eigenvalue weighted by atomic mass is 9.92. The molecule has 2 aliphatic rings. The van der Waals surface area contributed by atoms with Crippen molar-refractivity contribution in [2.24, 2.45) is 5.92 Å². The maximum atomic E-state index is 12.8. The van der Waals surface area contributed by atoms with Crippen LogP contribution in [0.3, 0.4) is 0 Å². The van der Waals surface area contributed by atoms with E-state index >= 15 is 0 Å². The van der Waals surface area contributed by atoms with Crippen LogP contribution in [0.5, 0.6) is 0 Å². The number of fused-ring (bicyclic) bond motifs is 1. The largest absolute Gasteiger partial charge is 0.397 e. The van der Waals surface area contributed by atoms with E-state index in [1.165, 1.54) is 25.7 Å². The maximum absolute atomic E-state index is 12.8. The second-order valence-corrected chi connectivity index (χ2v) is 5.84. The van der Waals surface area contributed by atoms with E-state index in [1.54, 1.807) is 0 Å². The molecule has 0 aromatic carbocycles. The van der Waals surface area contributed by atoms with Crippen molar-refractivity contribution in [2.75, 3.05) is 12.3 Å². The van der Waals surface area contributed by atoms with Gasteiger partial charge in [0.15, 0.2) is 0 Å². The minimum atomic E-state index is 0.176. The topological polar surface area (TPSA) is 51.3 Å². The molecule has 104 valence electrons. The molecule has 1 amide bonds. The zero-order chi connectivity index (χ0) is 13.4. The molecule has 1 aromatic rings. The molecule has 3 rings (SSSR count). The summed E-state index contributed by atoms with van der Waals surface area (Å²) in [6.07, 6.45) is 8.06. The van der Waals surface area contributed by atoms with Crippen LogP contribution in [0, 0.1) is 5.92 Å². The predicted molar refractivity (Wildman–Crippen MR) is 75.9 cm³/mol. The first-order chi connectivity index (χ1) is 9.20. The summed E-state index contributed by atoms with van der Waals surface area (Å²) in [5.41, 5.74) is 7.28. The number of likely N-dealkylation sites (tertiary alicyclic amines) is 1. The van der Waals surface area contributed by atoms with Crippen molar-refractivity contribution in [3.8, 4) is 0 Å². The number of rotatable bonds is 2. The van der Waals surface area contributed by atoms with Crippen molar-refractivity contribution < 1.29 is 4.79 Å². The van der Waals surface area contributed by atoms with Crippen LogP contribution in [0.1, 0.15) is 49.5 Å². The Kier molecular flexibility index (Phi) is 3.25. The second kappa shape index (κ2) is 4.91. The van der Waals surface area contributed by atoms with E-state index in [0.717, 1.165) is 31.1 Å². The molecule has 0 bridgehead atoms. The number of hydrogen-bond donors (Lipinski definition) is 1. The second-order valence-electron chi connectivity index (χ2n) is 5.84. The van der Waals surface area contributed by atoms with Crippen molar-refractivity contribution in [1.29, 1.82) is 0 Å². The molecule has 0 spiro atoms. The Balaban J connectivity index is 1.86. The summed E-state index contributed by atoms with van der Waals surface area (Å²) in [6.45, 7) is 3.75. The lowest BCUT2D eigenvalue weighted by Gasteiger charge is -2.37. The molecule has 1 aliphatic heterocycles. The summed E-state index contributed by atoms with van der Waals surface area (Å²) in [6, 6.07) is 2.30. The molecular formula is C15H23N3O. The summed E-state index contributed by atoms with van der Waals surface area (Å²) in [7, 11) is 0. The summed E-state index contributed by atoms with van der Waals surface area (Å²) in [5, 5.41) is 0. The highest BCUT2D eigenvalue weighted by Gasteiger charge is 2.38. The van der Waals surface area contributed by atoms with Gasteiger partial charge in [0, 0.05) is 25.3 Å². The maximum Gasteiger partial charge on any atom is 0.270 e. The van der Waals surface area contributed by atoms with Crippen LogP contribution in [-0.4, -0.2) is 28.0 Å². The fraction of sp³-hybridized carbons (Fsp3) is 0.667. The van der Waals surface area contributed by atoms with Crippen LogP contribution in [0.2, 0.25) is 0 Å². The Morgan fingerprint density at radius 1 is 1.37 bits per heavy atom. The van der Waals surface area contributed by atoms with Gasteiger partial charge in [-0.25, -0.2) is 0 Å². The van der Waals surface area contributed by atoms with Gasteiger partial charge in [-0.3, -0.25) is 4.79 Å². The van der Waals surface area contributed by atoms with Gasteiger partial charge in [0.25, 0.3) is 5.91 Å². The highest BCUT2D eigenvalue weighted by molar-refractivity contribution is 5.94. The molecule has 2 unspecified atom stereocenters. The van der Waals surface area contributed by atoms with E-state index < -0.39 is 0 Å². The van der Waals surface area contributed by atoms with Gasteiger partial charge in [-0.1, -0.05) is 6.42 Å². The first-order valence-electron chi connectivity index (χ1n) is 7.47. The quantitative estimate of drug-likeness (QED) is 0.889. The third-order valence-corrected chi connectivity index (χ3v) is 4.73. The van der Waals surface area contributed by atoms with Gasteiger partial charge in [0.1, 0.15) is 5.69 Å². The van der Waals surface area contributed by atoms with Gasteiger partial charge in [0.2, 0.25) is 0 Å². The fourth-order valence-electron chi connectivity index (χ4n) is 3.83. The number of carbonyl (C=O) groups excluding carboxylic acids is 1. The average molecular weight is 261 g/mol. The van der Waals surface area contributed by atoms with Crippen LogP contribution in [-0.2, 0) is 6.54 Å². The smallest absolute Gasteiger partial charge is 0.270 e.